The summed E-state index contributed by atoms with van der Waals surface area (Å²) in [7, 11) is 1.60. The van der Waals surface area contributed by atoms with Crippen molar-refractivity contribution in [1.82, 2.24) is 10.2 Å². The first-order valence-electron chi connectivity index (χ1n) is 10.9. The maximum atomic E-state index is 13.0. The summed E-state index contributed by atoms with van der Waals surface area (Å²) in [6.07, 6.45) is 0. The summed E-state index contributed by atoms with van der Waals surface area (Å²) in [6.45, 7) is 3.49. The average molecular weight is 468 g/mol. The molecule has 2 amide bonds. The summed E-state index contributed by atoms with van der Waals surface area (Å²) in [5, 5.41) is 3.63. The predicted molar refractivity (Wildman–Crippen MR) is 132 cm³/mol. The van der Waals surface area contributed by atoms with E-state index in [1.54, 1.807) is 12.0 Å². The lowest BCUT2D eigenvalue weighted by atomic mass is 10.1. The summed E-state index contributed by atoms with van der Waals surface area (Å²) in [5.41, 5.74) is 8.62. The van der Waals surface area contributed by atoms with E-state index < -0.39 is 0 Å². The smallest absolute Gasteiger partial charge is 0.318 e. The van der Waals surface area contributed by atoms with Crippen LogP contribution in [0.1, 0.15) is 29.7 Å². The number of nitrogens with one attached hydrogen (secondary N) is 1. The third kappa shape index (κ3) is 6.88. The molecule has 3 N–H and O–H groups in total. The van der Waals surface area contributed by atoms with Crippen molar-refractivity contribution in [3.05, 3.63) is 94.5 Å². The molecule has 0 aromatic heterocycles. The number of nitrogens with two attached hydrogens (primary N) is 1. The van der Waals surface area contributed by atoms with Crippen LogP contribution in [0.2, 0.25) is 5.02 Å². The molecule has 1 unspecified atom stereocenters. The molecule has 0 aliphatic carbocycles. The Kier molecular flexibility index (Phi) is 8.98. The van der Waals surface area contributed by atoms with Gasteiger partial charge in [0.15, 0.2) is 11.5 Å². The molecular weight excluding hydrogens is 438 g/mol. The number of hydrogen-bond acceptors (Lipinski definition) is 4. The number of amides is 2. The molecule has 0 radical (unpaired) electrons. The summed E-state index contributed by atoms with van der Waals surface area (Å²) in [6, 6.07) is 22.6. The minimum atomic E-state index is -0.241. The molecule has 3 aromatic rings. The average Bonchev–Trinajstić information content (AvgIpc) is 2.83. The third-order valence-electron chi connectivity index (χ3n) is 5.24. The molecular formula is C26H30ClN3O3. The molecule has 0 fully saturated rings. The Morgan fingerprint density at radius 1 is 1.03 bits per heavy atom. The number of nitrogens with zero attached hydrogens (tertiary/aromatic N) is 1. The molecule has 0 heterocycles. The Morgan fingerprint density at radius 3 is 2.45 bits per heavy atom. The van der Waals surface area contributed by atoms with Crippen molar-refractivity contribution in [1.29, 1.82) is 0 Å². The van der Waals surface area contributed by atoms with Crippen LogP contribution in [0.15, 0.2) is 72.8 Å². The number of halogens is 1. The van der Waals surface area contributed by atoms with Gasteiger partial charge in [-0.05, 0) is 41.8 Å². The zero-order chi connectivity index (χ0) is 23.6. The quantitative estimate of drug-likeness (QED) is 0.432. The number of urea groups is 1. The van der Waals surface area contributed by atoms with Crippen molar-refractivity contribution in [3.63, 3.8) is 0 Å². The Balaban J connectivity index is 1.67. The maximum absolute atomic E-state index is 13.0. The topological polar surface area (TPSA) is 76.8 Å². The molecule has 0 saturated carbocycles. The van der Waals surface area contributed by atoms with Crippen LogP contribution in [0.5, 0.6) is 11.5 Å². The summed E-state index contributed by atoms with van der Waals surface area (Å²) in [4.78, 5) is 14.6. The fourth-order valence-electron chi connectivity index (χ4n) is 3.47. The van der Waals surface area contributed by atoms with Gasteiger partial charge >= 0.3 is 6.03 Å². The molecule has 0 saturated heterocycles. The van der Waals surface area contributed by atoms with Crippen molar-refractivity contribution in [3.8, 4) is 11.5 Å². The van der Waals surface area contributed by atoms with E-state index in [0.29, 0.717) is 42.8 Å². The van der Waals surface area contributed by atoms with E-state index in [0.717, 1.165) is 16.7 Å². The Labute approximate surface area is 200 Å². The number of carbonyl (C=O) groups is 1. The molecule has 0 spiro atoms. The number of benzene rings is 3. The van der Waals surface area contributed by atoms with E-state index in [1.807, 2.05) is 79.7 Å². The molecule has 33 heavy (non-hydrogen) atoms. The van der Waals surface area contributed by atoms with E-state index in [1.165, 1.54) is 0 Å². The molecule has 174 valence electrons. The van der Waals surface area contributed by atoms with Crippen molar-refractivity contribution in [2.45, 2.75) is 26.1 Å². The Bertz CT molecular complexity index is 1050. The number of carbonyl (C=O) groups excluding carboxylic acids is 1. The lowest BCUT2D eigenvalue weighted by molar-refractivity contribution is 0.193. The molecule has 3 rings (SSSR count). The number of ether oxygens (including phenoxy) is 2. The molecule has 0 aliphatic heterocycles. The van der Waals surface area contributed by atoms with Gasteiger partial charge in [-0.1, -0.05) is 66.2 Å². The zero-order valence-electron chi connectivity index (χ0n) is 19.0. The van der Waals surface area contributed by atoms with Crippen molar-refractivity contribution in [2.24, 2.45) is 5.73 Å². The highest BCUT2D eigenvalue weighted by Gasteiger charge is 2.18. The SMILES string of the molecule is COc1cc(CN(CCN)C(=O)NC(C)c2ccccc2Cl)ccc1OCc1ccccc1. The van der Waals surface area contributed by atoms with Gasteiger partial charge in [-0.25, -0.2) is 4.79 Å². The number of hydrogen-bond donors (Lipinski definition) is 2. The van der Waals surface area contributed by atoms with Gasteiger partial charge in [0.25, 0.3) is 0 Å². The van der Waals surface area contributed by atoms with E-state index in [-0.39, 0.29) is 12.1 Å². The van der Waals surface area contributed by atoms with E-state index in [4.69, 9.17) is 26.8 Å². The van der Waals surface area contributed by atoms with Gasteiger partial charge in [-0.2, -0.15) is 0 Å². The van der Waals surface area contributed by atoms with Crippen LogP contribution in [0.3, 0.4) is 0 Å². The van der Waals surface area contributed by atoms with E-state index >= 15 is 0 Å². The second kappa shape index (κ2) is 12.1. The van der Waals surface area contributed by atoms with Crippen LogP contribution < -0.4 is 20.5 Å². The molecule has 0 aliphatic rings. The second-order valence-corrected chi connectivity index (χ2v) is 8.07. The van der Waals surface area contributed by atoms with Crippen LogP contribution in [-0.2, 0) is 13.2 Å². The fraction of sp³-hybridized carbons (Fsp3) is 0.269. The summed E-state index contributed by atoms with van der Waals surface area (Å²) in [5.74, 6) is 1.26. The van der Waals surface area contributed by atoms with Gasteiger partial charge in [0.05, 0.1) is 13.2 Å². The van der Waals surface area contributed by atoms with Gasteiger partial charge in [0, 0.05) is 24.7 Å². The van der Waals surface area contributed by atoms with E-state index in [9.17, 15) is 4.79 Å². The lowest BCUT2D eigenvalue weighted by Gasteiger charge is -2.26. The van der Waals surface area contributed by atoms with Gasteiger partial charge < -0.3 is 25.4 Å². The minimum Gasteiger partial charge on any atom is -0.493 e. The number of rotatable bonds is 10. The fourth-order valence-corrected chi connectivity index (χ4v) is 3.77. The zero-order valence-corrected chi connectivity index (χ0v) is 19.7. The summed E-state index contributed by atoms with van der Waals surface area (Å²) >= 11 is 6.28. The van der Waals surface area contributed by atoms with Crippen LogP contribution in [0, 0.1) is 0 Å². The first-order chi connectivity index (χ1) is 16.0. The second-order valence-electron chi connectivity index (χ2n) is 7.66. The largest absolute Gasteiger partial charge is 0.493 e. The highest BCUT2D eigenvalue weighted by molar-refractivity contribution is 6.31. The summed E-state index contributed by atoms with van der Waals surface area (Å²) < 4.78 is 11.5. The molecule has 6 nitrogen and oxygen atoms in total. The highest BCUT2D eigenvalue weighted by Crippen LogP contribution is 2.29. The van der Waals surface area contributed by atoms with Gasteiger partial charge in [-0.3, -0.25) is 0 Å². The molecule has 1 atom stereocenters. The third-order valence-corrected chi connectivity index (χ3v) is 5.58. The number of methoxy groups -OCH3 is 1. The van der Waals surface area contributed by atoms with Crippen molar-refractivity contribution < 1.29 is 14.3 Å². The Hall–Kier alpha value is -3.22. The predicted octanol–water partition coefficient (Wildman–Crippen LogP) is 5.16. The van der Waals surface area contributed by atoms with Crippen LogP contribution in [0.4, 0.5) is 4.79 Å². The van der Waals surface area contributed by atoms with Gasteiger partial charge in [-0.15, -0.1) is 0 Å². The minimum absolute atomic E-state index is 0.212. The maximum Gasteiger partial charge on any atom is 0.318 e. The van der Waals surface area contributed by atoms with Crippen LogP contribution in [0.25, 0.3) is 0 Å². The first kappa shape index (κ1) is 24.4. The lowest BCUT2D eigenvalue weighted by Crippen LogP contribution is -2.43. The van der Waals surface area contributed by atoms with E-state index in [2.05, 4.69) is 5.32 Å². The standard InChI is InChI=1S/C26H30ClN3O3/c1-19(22-10-6-7-11-23(22)27)29-26(31)30(15-14-28)17-21-12-13-24(25(16-21)32-2)33-18-20-8-4-3-5-9-20/h3-13,16,19H,14-15,17-18,28H2,1-2H3,(H,29,31). The van der Waals surface area contributed by atoms with Crippen LogP contribution in [-0.4, -0.2) is 31.1 Å². The molecule has 3 aromatic carbocycles. The van der Waals surface area contributed by atoms with Crippen molar-refractivity contribution in [2.75, 3.05) is 20.2 Å². The highest BCUT2D eigenvalue weighted by atomic mass is 35.5. The molecule has 7 heteroatoms. The van der Waals surface area contributed by atoms with Gasteiger partial charge in [0.1, 0.15) is 6.61 Å². The molecule has 0 bridgehead atoms. The monoisotopic (exact) mass is 467 g/mol. The van der Waals surface area contributed by atoms with Gasteiger partial charge in [0.2, 0.25) is 0 Å². The Morgan fingerprint density at radius 2 is 1.76 bits per heavy atom. The van der Waals surface area contributed by atoms with Crippen molar-refractivity contribution >= 4 is 17.6 Å². The first-order valence-corrected chi connectivity index (χ1v) is 11.2. The van der Waals surface area contributed by atoms with Crippen LogP contribution >= 0.6 is 11.6 Å². The normalized spacial score (nSPS) is 11.5.